The minimum atomic E-state index is -0.0915. The van der Waals surface area contributed by atoms with Gasteiger partial charge in [0.2, 0.25) is 0 Å². The molecule has 1 aliphatic heterocycles. The van der Waals surface area contributed by atoms with Crippen LogP contribution in [0.15, 0.2) is 59.2 Å². The number of nitrogens with zero attached hydrogens (tertiary/aromatic N) is 3. The van der Waals surface area contributed by atoms with Gasteiger partial charge in [0.05, 0.1) is 22.7 Å². The van der Waals surface area contributed by atoms with Crippen LogP contribution in [-0.2, 0) is 4.79 Å². The van der Waals surface area contributed by atoms with Gasteiger partial charge in [-0.25, -0.2) is 0 Å². The maximum atomic E-state index is 13.1. The van der Waals surface area contributed by atoms with Crippen molar-refractivity contribution in [2.45, 2.75) is 41.5 Å². The Morgan fingerprint density at radius 3 is 2.13 bits per heavy atom. The molecule has 4 rings (SSSR count). The molecule has 0 unspecified atom stereocenters. The molecule has 0 spiro atoms. The van der Waals surface area contributed by atoms with Gasteiger partial charge in [0, 0.05) is 11.4 Å². The Bertz CT molecular complexity index is 1190. The molecule has 0 aliphatic carbocycles. The molecule has 0 fully saturated rings. The van der Waals surface area contributed by atoms with E-state index in [1.54, 1.807) is 0 Å². The summed E-state index contributed by atoms with van der Waals surface area (Å²) in [5.41, 5.74) is 10.4. The van der Waals surface area contributed by atoms with Crippen molar-refractivity contribution in [1.29, 1.82) is 0 Å². The Labute approximate surface area is 178 Å². The summed E-state index contributed by atoms with van der Waals surface area (Å²) < 4.78 is 2.29. The first-order chi connectivity index (χ1) is 14.3. The minimum absolute atomic E-state index is 0.0915. The zero-order valence-corrected chi connectivity index (χ0v) is 18.4. The molecule has 1 aliphatic rings. The quantitative estimate of drug-likeness (QED) is 0.513. The van der Waals surface area contributed by atoms with E-state index in [0.717, 1.165) is 28.4 Å². The topological polar surface area (TPSA) is 37.6 Å². The van der Waals surface area contributed by atoms with Gasteiger partial charge in [-0.2, -0.15) is 10.1 Å². The zero-order valence-electron chi connectivity index (χ0n) is 18.4. The lowest BCUT2D eigenvalue weighted by Gasteiger charge is -2.17. The molecule has 0 saturated carbocycles. The van der Waals surface area contributed by atoms with Crippen LogP contribution in [0.25, 0.3) is 11.8 Å². The number of aromatic nitrogens is 1. The number of aryl methyl sites for hydroxylation is 4. The summed E-state index contributed by atoms with van der Waals surface area (Å²) in [6.45, 7) is 12.5. The third-order valence-corrected chi connectivity index (χ3v) is 5.69. The first-order valence-corrected chi connectivity index (χ1v) is 10.2. The van der Waals surface area contributed by atoms with E-state index in [2.05, 4.69) is 62.5 Å². The van der Waals surface area contributed by atoms with Crippen LogP contribution < -0.4 is 5.01 Å². The second-order valence-corrected chi connectivity index (χ2v) is 8.11. The maximum absolute atomic E-state index is 13.1. The molecule has 0 atom stereocenters. The fourth-order valence-corrected chi connectivity index (χ4v) is 4.39. The second kappa shape index (κ2) is 7.45. The van der Waals surface area contributed by atoms with Crippen molar-refractivity contribution in [2.24, 2.45) is 5.10 Å². The molecule has 2 heterocycles. The molecular weight excluding hydrogens is 370 g/mol. The first kappa shape index (κ1) is 19.9. The van der Waals surface area contributed by atoms with Gasteiger partial charge in [-0.15, -0.1) is 0 Å². The Morgan fingerprint density at radius 2 is 1.50 bits per heavy atom. The van der Waals surface area contributed by atoms with Gasteiger partial charge < -0.3 is 4.57 Å². The number of hydrazone groups is 1. The smallest absolute Gasteiger partial charge is 0.280 e. The number of rotatable bonds is 3. The zero-order chi connectivity index (χ0) is 21.6. The largest absolute Gasteiger partial charge is 0.317 e. The van der Waals surface area contributed by atoms with E-state index >= 15 is 0 Å². The molecule has 0 N–H and O–H groups in total. The highest BCUT2D eigenvalue weighted by molar-refractivity contribution is 6.32. The molecule has 3 aromatic rings. The lowest BCUT2D eigenvalue weighted by Crippen LogP contribution is -2.21. The molecule has 4 heteroatoms. The van der Waals surface area contributed by atoms with Gasteiger partial charge in [-0.1, -0.05) is 35.9 Å². The highest BCUT2D eigenvalue weighted by atomic mass is 16.2. The van der Waals surface area contributed by atoms with Crippen LogP contribution in [0.5, 0.6) is 0 Å². The lowest BCUT2D eigenvalue weighted by atomic mass is 10.0. The molecule has 1 amide bonds. The molecule has 4 nitrogen and oxygen atoms in total. The summed E-state index contributed by atoms with van der Waals surface area (Å²) >= 11 is 0. The highest BCUT2D eigenvalue weighted by Crippen LogP contribution is 2.30. The number of amides is 1. The molecule has 30 heavy (non-hydrogen) atoms. The second-order valence-electron chi connectivity index (χ2n) is 8.11. The van der Waals surface area contributed by atoms with Gasteiger partial charge in [0.15, 0.2) is 0 Å². The lowest BCUT2D eigenvalue weighted by molar-refractivity contribution is -0.114. The highest BCUT2D eigenvalue weighted by Gasteiger charge is 2.29. The van der Waals surface area contributed by atoms with E-state index in [9.17, 15) is 4.79 Å². The van der Waals surface area contributed by atoms with Gasteiger partial charge >= 0.3 is 0 Å². The van der Waals surface area contributed by atoms with Crippen LogP contribution in [0.1, 0.15) is 40.6 Å². The van der Waals surface area contributed by atoms with Crippen molar-refractivity contribution in [3.05, 3.63) is 87.7 Å². The van der Waals surface area contributed by atoms with E-state index in [0.29, 0.717) is 5.57 Å². The molecule has 2 aromatic carbocycles. The predicted octanol–water partition coefficient (Wildman–Crippen LogP) is 5.83. The predicted molar refractivity (Wildman–Crippen MR) is 124 cm³/mol. The Kier molecular flexibility index (Phi) is 4.94. The molecule has 0 saturated heterocycles. The summed E-state index contributed by atoms with van der Waals surface area (Å²) in [6, 6.07) is 16.1. The van der Waals surface area contributed by atoms with Gasteiger partial charge in [0.25, 0.3) is 5.91 Å². The van der Waals surface area contributed by atoms with Crippen LogP contribution in [0, 0.1) is 34.6 Å². The third kappa shape index (κ3) is 3.28. The van der Waals surface area contributed by atoms with Crippen molar-refractivity contribution < 1.29 is 4.79 Å². The number of hydrogen-bond acceptors (Lipinski definition) is 2. The molecule has 1 aromatic heterocycles. The summed E-state index contributed by atoms with van der Waals surface area (Å²) in [5, 5.41) is 5.98. The summed E-state index contributed by atoms with van der Waals surface area (Å²) in [4.78, 5) is 13.1. The average molecular weight is 398 g/mol. The molecule has 0 bridgehead atoms. The number of carbonyl (C=O) groups is 1. The van der Waals surface area contributed by atoms with Gasteiger partial charge in [0.1, 0.15) is 0 Å². The molecule has 152 valence electrons. The fourth-order valence-electron chi connectivity index (χ4n) is 4.39. The van der Waals surface area contributed by atoms with Crippen molar-refractivity contribution in [1.82, 2.24) is 4.57 Å². The molecule has 0 radical (unpaired) electrons. The normalized spacial score (nSPS) is 15.3. The fraction of sp³-hybridized carbons (Fsp3) is 0.231. The van der Waals surface area contributed by atoms with E-state index in [1.807, 2.05) is 43.3 Å². The minimum Gasteiger partial charge on any atom is -0.317 e. The van der Waals surface area contributed by atoms with Crippen molar-refractivity contribution in [2.75, 3.05) is 5.01 Å². The third-order valence-electron chi connectivity index (χ3n) is 5.69. The van der Waals surface area contributed by atoms with Gasteiger partial charge in [-0.3, -0.25) is 4.79 Å². The SMILES string of the molecule is CC1=NN(c2ccccc2)C(=O)/C1=C\c1cc(C)n(-c2c(C)cc(C)cc2C)c1C. The van der Waals surface area contributed by atoms with Gasteiger partial charge in [-0.05, 0) is 82.5 Å². The first-order valence-electron chi connectivity index (χ1n) is 10.2. The Hall–Kier alpha value is -3.40. The van der Waals surface area contributed by atoms with Crippen LogP contribution in [0.2, 0.25) is 0 Å². The standard InChI is InChI=1S/C26H27N3O/c1-16-12-17(2)25(18(3)13-16)28-19(4)14-22(21(28)6)15-24-20(5)27-29(26(24)30)23-10-8-7-9-11-23/h7-15H,1-6H3/b24-15-. The van der Waals surface area contributed by atoms with Crippen molar-refractivity contribution >= 4 is 23.4 Å². The molecular formula is C26H27N3O. The number of benzene rings is 2. The van der Waals surface area contributed by atoms with Crippen LogP contribution in [0.4, 0.5) is 5.69 Å². The number of hydrogen-bond donors (Lipinski definition) is 0. The Balaban J connectivity index is 1.77. The summed E-state index contributed by atoms with van der Waals surface area (Å²) in [7, 11) is 0. The monoisotopic (exact) mass is 397 g/mol. The summed E-state index contributed by atoms with van der Waals surface area (Å²) in [6.07, 6.45) is 1.97. The van der Waals surface area contributed by atoms with E-state index in [4.69, 9.17) is 0 Å². The van der Waals surface area contributed by atoms with Crippen LogP contribution >= 0.6 is 0 Å². The van der Waals surface area contributed by atoms with Crippen LogP contribution in [0.3, 0.4) is 0 Å². The summed E-state index contributed by atoms with van der Waals surface area (Å²) in [5.74, 6) is -0.0915. The number of anilines is 1. The van der Waals surface area contributed by atoms with Crippen molar-refractivity contribution in [3.8, 4) is 5.69 Å². The van der Waals surface area contributed by atoms with E-state index in [1.165, 1.54) is 27.4 Å². The van der Waals surface area contributed by atoms with E-state index < -0.39 is 0 Å². The number of para-hydroxylation sites is 1. The van der Waals surface area contributed by atoms with Crippen LogP contribution in [-0.4, -0.2) is 16.2 Å². The average Bonchev–Trinajstić information content (AvgIpc) is 3.13. The van der Waals surface area contributed by atoms with Crippen molar-refractivity contribution in [3.63, 3.8) is 0 Å². The number of carbonyl (C=O) groups excluding carboxylic acids is 1. The maximum Gasteiger partial charge on any atom is 0.280 e. The van der Waals surface area contributed by atoms with E-state index in [-0.39, 0.29) is 5.91 Å². The Morgan fingerprint density at radius 1 is 0.867 bits per heavy atom.